The summed E-state index contributed by atoms with van der Waals surface area (Å²) in [5.41, 5.74) is 1.23. The predicted molar refractivity (Wildman–Crippen MR) is 118 cm³/mol. The molecule has 32 heavy (non-hydrogen) atoms. The van der Waals surface area contributed by atoms with Crippen molar-refractivity contribution in [1.82, 2.24) is 20.5 Å². The van der Waals surface area contributed by atoms with Crippen molar-refractivity contribution >= 4 is 17.8 Å². The van der Waals surface area contributed by atoms with E-state index in [-0.39, 0.29) is 30.4 Å². The molecule has 2 fully saturated rings. The quantitative estimate of drug-likeness (QED) is 0.718. The summed E-state index contributed by atoms with van der Waals surface area (Å²) in [5, 5.41) is 5.79. The highest BCUT2D eigenvalue weighted by Gasteiger charge is 2.25. The molecule has 3 amide bonds. The number of rotatable bonds is 6. The van der Waals surface area contributed by atoms with Crippen molar-refractivity contribution in [2.75, 3.05) is 44.2 Å². The molecule has 1 aromatic heterocycles. The van der Waals surface area contributed by atoms with Crippen LogP contribution < -0.4 is 15.5 Å². The number of anilines is 1. The number of ether oxygens (including phenoxy) is 1. The Morgan fingerprint density at radius 3 is 2.72 bits per heavy atom. The minimum atomic E-state index is -0.323. The van der Waals surface area contributed by atoms with E-state index in [9.17, 15) is 14.0 Å². The van der Waals surface area contributed by atoms with Crippen LogP contribution in [0.4, 0.5) is 15.0 Å². The second-order valence-electron chi connectivity index (χ2n) is 7.98. The molecule has 2 N–H and O–H groups in total. The number of carbonyl (C=O) groups excluding carboxylic acids is 2. The second kappa shape index (κ2) is 10.4. The Labute approximate surface area is 186 Å². The van der Waals surface area contributed by atoms with Crippen LogP contribution in [0.1, 0.15) is 28.8 Å². The van der Waals surface area contributed by atoms with Crippen LogP contribution in [-0.2, 0) is 11.3 Å². The topological polar surface area (TPSA) is 86.8 Å². The normalized spacial score (nSPS) is 18.5. The van der Waals surface area contributed by atoms with E-state index in [0.717, 1.165) is 19.4 Å². The number of nitrogens with one attached hydrogen (secondary N) is 2. The number of halogens is 1. The van der Waals surface area contributed by atoms with E-state index in [4.69, 9.17) is 4.74 Å². The molecule has 9 heteroatoms. The van der Waals surface area contributed by atoms with Gasteiger partial charge in [0.25, 0.3) is 5.91 Å². The molecule has 0 unspecified atom stereocenters. The van der Waals surface area contributed by atoms with E-state index >= 15 is 0 Å². The molecule has 2 aromatic rings. The Kier molecular flexibility index (Phi) is 7.16. The van der Waals surface area contributed by atoms with E-state index in [1.807, 2.05) is 4.90 Å². The summed E-state index contributed by atoms with van der Waals surface area (Å²) in [4.78, 5) is 33.4. The molecular formula is C23H28FN5O3. The Balaban J connectivity index is 1.30. The van der Waals surface area contributed by atoms with Crippen molar-refractivity contribution in [2.45, 2.75) is 25.5 Å². The summed E-state index contributed by atoms with van der Waals surface area (Å²) < 4.78 is 18.9. The third-order valence-electron chi connectivity index (χ3n) is 5.74. The van der Waals surface area contributed by atoms with E-state index in [0.29, 0.717) is 49.7 Å². The largest absolute Gasteiger partial charge is 0.376 e. The zero-order valence-electron chi connectivity index (χ0n) is 17.9. The Morgan fingerprint density at radius 2 is 1.97 bits per heavy atom. The molecule has 0 saturated carbocycles. The number of piperazine rings is 1. The molecule has 0 spiro atoms. The molecule has 0 bridgehead atoms. The van der Waals surface area contributed by atoms with Gasteiger partial charge in [-0.1, -0.05) is 12.1 Å². The summed E-state index contributed by atoms with van der Waals surface area (Å²) >= 11 is 0. The van der Waals surface area contributed by atoms with Gasteiger partial charge in [0, 0.05) is 52.1 Å². The van der Waals surface area contributed by atoms with Crippen LogP contribution in [0.25, 0.3) is 0 Å². The lowest BCUT2D eigenvalue weighted by molar-refractivity contribution is 0.0857. The standard InChI is InChI=1S/C23H28FN5O3/c24-18-5-1-4-17(14-18)15-27-23(31)29-11-9-28(10-12-29)21-20(7-2-8-25-21)22(30)26-16-19-6-3-13-32-19/h1-2,4-5,7-8,14,19H,3,6,9-13,15-16H2,(H,26,30)(H,27,31)/t19-/m0/s1. The highest BCUT2D eigenvalue weighted by molar-refractivity contribution is 5.99. The zero-order valence-corrected chi connectivity index (χ0v) is 17.9. The molecule has 1 atom stereocenters. The average molecular weight is 442 g/mol. The van der Waals surface area contributed by atoms with Crippen molar-refractivity contribution in [3.8, 4) is 0 Å². The number of carbonyl (C=O) groups is 2. The van der Waals surface area contributed by atoms with Crippen molar-refractivity contribution in [3.05, 3.63) is 59.5 Å². The Morgan fingerprint density at radius 1 is 1.12 bits per heavy atom. The molecule has 3 heterocycles. The first-order valence-corrected chi connectivity index (χ1v) is 11.0. The number of pyridine rings is 1. The number of amides is 3. The molecule has 2 aliphatic heterocycles. The maximum Gasteiger partial charge on any atom is 0.317 e. The molecule has 0 aliphatic carbocycles. The van der Waals surface area contributed by atoms with Crippen molar-refractivity contribution in [2.24, 2.45) is 0 Å². The zero-order chi connectivity index (χ0) is 22.3. The lowest BCUT2D eigenvalue weighted by Gasteiger charge is -2.36. The molecule has 1 aromatic carbocycles. The van der Waals surface area contributed by atoms with E-state index in [2.05, 4.69) is 15.6 Å². The fourth-order valence-electron chi connectivity index (χ4n) is 3.99. The summed E-state index contributed by atoms with van der Waals surface area (Å²) in [6.45, 7) is 3.65. The van der Waals surface area contributed by atoms with Crippen molar-refractivity contribution < 1.29 is 18.7 Å². The molecule has 0 radical (unpaired) electrons. The van der Waals surface area contributed by atoms with Gasteiger partial charge in [-0.05, 0) is 42.7 Å². The van der Waals surface area contributed by atoms with Gasteiger partial charge in [0.05, 0.1) is 11.7 Å². The van der Waals surface area contributed by atoms with Gasteiger partial charge in [0.2, 0.25) is 0 Å². The van der Waals surface area contributed by atoms with E-state index in [1.54, 1.807) is 35.4 Å². The minimum Gasteiger partial charge on any atom is -0.376 e. The van der Waals surface area contributed by atoms with Crippen LogP contribution in [-0.4, -0.2) is 67.3 Å². The highest BCUT2D eigenvalue weighted by atomic mass is 19.1. The molecule has 2 saturated heterocycles. The fraction of sp³-hybridized carbons (Fsp3) is 0.435. The highest BCUT2D eigenvalue weighted by Crippen LogP contribution is 2.19. The van der Waals surface area contributed by atoms with Crippen molar-refractivity contribution in [3.63, 3.8) is 0 Å². The van der Waals surface area contributed by atoms with E-state index in [1.165, 1.54) is 12.1 Å². The molecular weight excluding hydrogens is 413 g/mol. The van der Waals surface area contributed by atoms with Crippen molar-refractivity contribution in [1.29, 1.82) is 0 Å². The van der Waals surface area contributed by atoms with Gasteiger partial charge >= 0.3 is 6.03 Å². The minimum absolute atomic E-state index is 0.0773. The van der Waals surface area contributed by atoms with Gasteiger partial charge in [-0.3, -0.25) is 4.79 Å². The Hall–Kier alpha value is -3.20. The van der Waals surface area contributed by atoms with Crippen LogP contribution >= 0.6 is 0 Å². The number of benzene rings is 1. The number of aromatic nitrogens is 1. The van der Waals surface area contributed by atoms with Gasteiger partial charge in [-0.15, -0.1) is 0 Å². The Bertz CT molecular complexity index is 943. The summed E-state index contributed by atoms with van der Waals surface area (Å²) in [6, 6.07) is 9.50. The van der Waals surface area contributed by atoms with Crippen LogP contribution in [0.15, 0.2) is 42.6 Å². The van der Waals surface area contributed by atoms with Crippen LogP contribution in [0, 0.1) is 5.82 Å². The lowest BCUT2D eigenvalue weighted by Crippen LogP contribution is -2.52. The number of urea groups is 1. The smallest absolute Gasteiger partial charge is 0.317 e. The molecule has 4 rings (SSSR count). The monoisotopic (exact) mass is 441 g/mol. The SMILES string of the molecule is O=C(NC[C@@H]1CCCO1)c1cccnc1N1CCN(C(=O)NCc2cccc(F)c2)CC1. The second-order valence-corrected chi connectivity index (χ2v) is 7.98. The van der Waals surface area contributed by atoms with Crippen LogP contribution in [0.3, 0.4) is 0 Å². The first kappa shape index (κ1) is 22.0. The molecule has 2 aliphatic rings. The summed E-state index contributed by atoms with van der Waals surface area (Å²) in [6.07, 6.45) is 3.74. The average Bonchev–Trinajstić information content (AvgIpc) is 3.35. The fourth-order valence-corrected chi connectivity index (χ4v) is 3.99. The third-order valence-corrected chi connectivity index (χ3v) is 5.74. The van der Waals surface area contributed by atoms with Crippen LogP contribution in [0.2, 0.25) is 0 Å². The van der Waals surface area contributed by atoms with Gasteiger partial charge in [0.1, 0.15) is 11.6 Å². The van der Waals surface area contributed by atoms with Gasteiger partial charge in [0.15, 0.2) is 0 Å². The van der Waals surface area contributed by atoms with Gasteiger partial charge < -0.3 is 25.2 Å². The molecule has 170 valence electrons. The first-order valence-electron chi connectivity index (χ1n) is 11.0. The lowest BCUT2D eigenvalue weighted by atomic mass is 10.2. The summed E-state index contributed by atoms with van der Waals surface area (Å²) in [7, 11) is 0. The predicted octanol–water partition coefficient (Wildman–Crippen LogP) is 2.16. The number of hydrogen-bond donors (Lipinski definition) is 2. The van der Waals surface area contributed by atoms with E-state index < -0.39 is 0 Å². The number of nitrogens with zero attached hydrogens (tertiary/aromatic N) is 3. The molecule has 8 nitrogen and oxygen atoms in total. The number of hydrogen-bond acceptors (Lipinski definition) is 5. The maximum absolute atomic E-state index is 13.3. The van der Waals surface area contributed by atoms with Gasteiger partial charge in [-0.2, -0.15) is 0 Å². The maximum atomic E-state index is 13.3. The van der Waals surface area contributed by atoms with Crippen LogP contribution in [0.5, 0.6) is 0 Å². The summed E-state index contributed by atoms with van der Waals surface area (Å²) in [5.74, 6) is 0.132. The van der Waals surface area contributed by atoms with Gasteiger partial charge in [-0.25, -0.2) is 14.2 Å². The first-order chi connectivity index (χ1) is 15.6. The third kappa shape index (κ3) is 5.53.